The Morgan fingerprint density at radius 3 is 2.63 bits per heavy atom. The molecule has 0 bridgehead atoms. The van der Waals surface area contributed by atoms with Crippen molar-refractivity contribution in [1.82, 2.24) is 0 Å². The van der Waals surface area contributed by atoms with E-state index in [0.717, 1.165) is 30.7 Å². The fourth-order valence-electron chi connectivity index (χ4n) is 3.68. The maximum atomic E-state index is 13.0. The predicted molar refractivity (Wildman–Crippen MR) is 74.9 cm³/mol. The van der Waals surface area contributed by atoms with Crippen LogP contribution < -0.4 is 4.90 Å². The zero-order chi connectivity index (χ0) is 13.2. The molecule has 3 unspecified atom stereocenters. The summed E-state index contributed by atoms with van der Waals surface area (Å²) in [7, 11) is 2.11. The largest absolute Gasteiger partial charge is 0.379 e. The van der Waals surface area contributed by atoms with Crippen LogP contribution in [-0.4, -0.2) is 26.3 Å². The van der Waals surface area contributed by atoms with Crippen LogP contribution in [0.15, 0.2) is 24.3 Å². The van der Waals surface area contributed by atoms with Gasteiger partial charge in [-0.2, -0.15) is 0 Å². The van der Waals surface area contributed by atoms with E-state index < -0.39 is 0 Å². The molecule has 1 saturated carbocycles. The standard InChI is InChI=1S/C16H22FNO/c1-18(14-8-6-13(17)7-9-14)16-11-19-10-12-4-2-3-5-15(12)16/h6-9,12,15-16H,2-5,10-11H2,1H3. The molecule has 1 aliphatic carbocycles. The first-order chi connectivity index (χ1) is 9.25. The van der Waals surface area contributed by atoms with E-state index in [9.17, 15) is 4.39 Å². The molecule has 19 heavy (non-hydrogen) atoms. The van der Waals surface area contributed by atoms with E-state index in [1.54, 1.807) is 0 Å². The van der Waals surface area contributed by atoms with E-state index in [1.807, 2.05) is 12.1 Å². The summed E-state index contributed by atoms with van der Waals surface area (Å²) in [6.45, 7) is 1.73. The second-order valence-electron chi connectivity index (χ2n) is 5.90. The molecule has 3 heteroatoms. The van der Waals surface area contributed by atoms with Crippen molar-refractivity contribution >= 4 is 5.69 Å². The number of halogens is 1. The van der Waals surface area contributed by atoms with Crippen molar-refractivity contribution in [3.63, 3.8) is 0 Å². The molecule has 1 saturated heterocycles. The van der Waals surface area contributed by atoms with Crippen LogP contribution in [0.2, 0.25) is 0 Å². The number of benzene rings is 1. The molecule has 0 spiro atoms. The second kappa shape index (κ2) is 5.49. The Kier molecular flexibility index (Phi) is 3.74. The van der Waals surface area contributed by atoms with Gasteiger partial charge in [-0.15, -0.1) is 0 Å². The van der Waals surface area contributed by atoms with E-state index in [-0.39, 0.29) is 5.82 Å². The lowest BCUT2D eigenvalue weighted by molar-refractivity contribution is -0.0178. The summed E-state index contributed by atoms with van der Waals surface area (Å²) in [5, 5.41) is 0. The number of rotatable bonds is 2. The molecule has 0 N–H and O–H groups in total. The molecule has 2 nitrogen and oxygen atoms in total. The number of ether oxygens (including phenoxy) is 1. The van der Waals surface area contributed by atoms with Crippen LogP contribution in [0, 0.1) is 17.7 Å². The smallest absolute Gasteiger partial charge is 0.123 e. The number of hydrogen-bond donors (Lipinski definition) is 0. The Hall–Kier alpha value is -1.09. The van der Waals surface area contributed by atoms with Crippen LogP contribution in [0.3, 0.4) is 0 Å². The van der Waals surface area contributed by atoms with Crippen molar-refractivity contribution in [3.8, 4) is 0 Å². The first kappa shape index (κ1) is 12.9. The summed E-state index contributed by atoms with van der Waals surface area (Å²) >= 11 is 0. The SMILES string of the molecule is CN(c1ccc(F)cc1)C1COCC2CCCCC21. The Labute approximate surface area is 114 Å². The third-order valence-corrected chi connectivity index (χ3v) is 4.81. The van der Waals surface area contributed by atoms with Gasteiger partial charge in [0.05, 0.1) is 12.6 Å². The molecular weight excluding hydrogens is 241 g/mol. The van der Waals surface area contributed by atoms with E-state index in [4.69, 9.17) is 4.74 Å². The Morgan fingerprint density at radius 1 is 1.11 bits per heavy atom. The van der Waals surface area contributed by atoms with Crippen LogP contribution >= 0.6 is 0 Å². The first-order valence-electron chi connectivity index (χ1n) is 7.32. The molecule has 2 aliphatic rings. The summed E-state index contributed by atoms with van der Waals surface area (Å²) in [6, 6.07) is 7.23. The van der Waals surface area contributed by atoms with E-state index >= 15 is 0 Å². The van der Waals surface area contributed by atoms with Crippen molar-refractivity contribution in [1.29, 1.82) is 0 Å². The quantitative estimate of drug-likeness (QED) is 0.810. The molecule has 0 radical (unpaired) electrons. The molecule has 3 rings (SSSR count). The Morgan fingerprint density at radius 2 is 1.84 bits per heavy atom. The zero-order valence-electron chi connectivity index (χ0n) is 11.5. The van der Waals surface area contributed by atoms with Gasteiger partial charge < -0.3 is 9.64 Å². The van der Waals surface area contributed by atoms with Gasteiger partial charge >= 0.3 is 0 Å². The Bertz CT molecular complexity index is 417. The average Bonchev–Trinajstić information content (AvgIpc) is 2.47. The highest BCUT2D eigenvalue weighted by atomic mass is 19.1. The van der Waals surface area contributed by atoms with E-state index in [2.05, 4.69) is 11.9 Å². The molecule has 1 aromatic rings. The van der Waals surface area contributed by atoms with Gasteiger partial charge in [0, 0.05) is 19.3 Å². The lowest BCUT2D eigenvalue weighted by Gasteiger charge is -2.45. The van der Waals surface area contributed by atoms with Crippen LogP contribution in [0.4, 0.5) is 10.1 Å². The molecule has 104 valence electrons. The van der Waals surface area contributed by atoms with Gasteiger partial charge in [0.25, 0.3) is 0 Å². The molecule has 3 atom stereocenters. The summed E-state index contributed by atoms with van der Waals surface area (Å²) in [5.74, 6) is 1.28. The van der Waals surface area contributed by atoms with Crippen molar-refractivity contribution in [2.45, 2.75) is 31.7 Å². The van der Waals surface area contributed by atoms with Crippen LogP contribution in [0.25, 0.3) is 0 Å². The minimum atomic E-state index is -0.174. The fourth-order valence-corrected chi connectivity index (χ4v) is 3.68. The molecule has 1 aliphatic heterocycles. The predicted octanol–water partition coefficient (Wildman–Crippen LogP) is 3.47. The highest BCUT2D eigenvalue weighted by Gasteiger charge is 2.37. The van der Waals surface area contributed by atoms with Gasteiger partial charge in [0.2, 0.25) is 0 Å². The monoisotopic (exact) mass is 263 g/mol. The van der Waals surface area contributed by atoms with Crippen molar-refractivity contribution < 1.29 is 9.13 Å². The van der Waals surface area contributed by atoms with E-state index in [0.29, 0.717) is 6.04 Å². The number of anilines is 1. The average molecular weight is 263 g/mol. The number of nitrogens with zero attached hydrogens (tertiary/aromatic N) is 1. The summed E-state index contributed by atoms with van der Waals surface area (Å²) in [6.07, 6.45) is 5.30. The van der Waals surface area contributed by atoms with Crippen molar-refractivity contribution in [3.05, 3.63) is 30.1 Å². The number of hydrogen-bond acceptors (Lipinski definition) is 2. The lowest BCUT2D eigenvalue weighted by Crippen LogP contribution is -2.50. The van der Waals surface area contributed by atoms with Crippen LogP contribution in [-0.2, 0) is 4.74 Å². The fraction of sp³-hybridized carbons (Fsp3) is 0.625. The molecule has 0 amide bonds. The minimum absolute atomic E-state index is 0.174. The minimum Gasteiger partial charge on any atom is -0.379 e. The van der Waals surface area contributed by atoms with Gasteiger partial charge in [0.15, 0.2) is 0 Å². The second-order valence-corrected chi connectivity index (χ2v) is 5.90. The Balaban J connectivity index is 1.77. The molecule has 0 aromatic heterocycles. The third kappa shape index (κ3) is 2.62. The zero-order valence-corrected chi connectivity index (χ0v) is 11.5. The van der Waals surface area contributed by atoms with Gasteiger partial charge in [0.1, 0.15) is 5.82 Å². The van der Waals surface area contributed by atoms with Crippen LogP contribution in [0.5, 0.6) is 0 Å². The number of fused-ring (bicyclic) bond motifs is 1. The van der Waals surface area contributed by atoms with Gasteiger partial charge in [-0.25, -0.2) is 4.39 Å². The normalized spacial score (nSPS) is 30.7. The topological polar surface area (TPSA) is 12.5 Å². The third-order valence-electron chi connectivity index (χ3n) is 4.81. The first-order valence-corrected chi connectivity index (χ1v) is 7.32. The molecule has 2 fully saturated rings. The van der Waals surface area contributed by atoms with Crippen molar-refractivity contribution in [2.75, 3.05) is 25.2 Å². The van der Waals surface area contributed by atoms with Gasteiger partial charge in [-0.05, 0) is 48.9 Å². The van der Waals surface area contributed by atoms with Gasteiger partial charge in [-0.1, -0.05) is 12.8 Å². The maximum absolute atomic E-state index is 13.0. The summed E-state index contributed by atoms with van der Waals surface area (Å²) < 4.78 is 18.8. The molecule has 1 heterocycles. The highest BCUT2D eigenvalue weighted by molar-refractivity contribution is 5.46. The summed E-state index contributed by atoms with van der Waals surface area (Å²) in [5.41, 5.74) is 1.08. The molecular formula is C16H22FNO. The molecule has 1 aromatic carbocycles. The van der Waals surface area contributed by atoms with Crippen LogP contribution in [0.1, 0.15) is 25.7 Å². The van der Waals surface area contributed by atoms with E-state index in [1.165, 1.54) is 37.8 Å². The van der Waals surface area contributed by atoms with Gasteiger partial charge in [-0.3, -0.25) is 0 Å². The highest BCUT2D eigenvalue weighted by Crippen LogP contribution is 2.38. The maximum Gasteiger partial charge on any atom is 0.123 e. The van der Waals surface area contributed by atoms with Crippen molar-refractivity contribution in [2.24, 2.45) is 11.8 Å². The lowest BCUT2D eigenvalue weighted by atomic mass is 9.74. The number of likely N-dealkylation sites (N-methyl/N-ethyl adjacent to an activating group) is 1. The summed E-state index contributed by atoms with van der Waals surface area (Å²) in [4.78, 5) is 2.28.